The molecule has 0 saturated heterocycles. The average molecular weight is 142 g/mol. The highest BCUT2D eigenvalue weighted by Crippen LogP contribution is 1.99. The maximum Gasteiger partial charge on any atom is 0.111 e. The molecular weight excluding hydrogens is 128 g/mol. The summed E-state index contributed by atoms with van der Waals surface area (Å²) in [7, 11) is 0. The van der Waals surface area contributed by atoms with E-state index in [9.17, 15) is 0 Å². The third-order valence-corrected chi connectivity index (χ3v) is 1.15. The summed E-state index contributed by atoms with van der Waals surface area (Å²) in [5.41, 5.74) is 0. The molecule has 0 aromatic carbocycles. The van der Waals surface area contributed by atoms with Crippen LogP contribution >= 0.6 is 0 Å². The summed E-state index contributed by atoms with van der Waals surface area (Å²) < 4.78 is 0. The van der Waals surface area contributed by atoms with Gasteiger partial charge in [-0.25, -0.2) is 0 Å². The van der Waals surface area contributed by atoms with Crippen LogP contribution in [-0.2, 0) is 0 Å². The fourth-order valence-corrected chi connectivity index (χ4v) is 0.556. The Bertz CT molecular complexity index is 125. The Morgan fingerprint density at radius 3 is 2.70 bits per heavy atom. The minimum Gasteiger partial charge on any atom is -0.508 e. The van der Waals surface area contributed by atoms with Crippen molar-refractivity contribution in [2.75, 3.05) is 0 Å². The maximum absolute atomic E-state index is 8.83. The van der Waals surface area contributed by atoms with Crippen LogP contribution in [0, 0.1) is 0 Å². The highest BCUT2D eigenvalue weighted by Gasteiger charge is 1.92. The predicted molar refractivity (Wildman–Crippen MR) is 41.8 cm³/mol. The van der Waals surface area contributed by atoms with Crippen LogP contribution in [0.15, 0.2) is 24.5 Å². The van der Waals surface area contributed by atoms with Gasteiger partial charge in [0.1, 0.15) is 5.76 Å². The third kappa shape index (κ3) is 5.38. The van der Waals surface area contributed by atoms with Crippen molar-refractivity contribution in [2.45, 2.75) is 25.9 Å². The van der Waals surface area contributed by atoms with Crippen LogP contribution in [-0.4, -0.2) is 16.3 Å². The van der Waals surface area contributed by atoms with E-state index in [1.165, 1.54) is 6.08 Å². The lowest BCUT2D eigenvalue weighted by atomic mass is 10.2. The lowest BCUT2D eigenvalue weighted by molar-refractivity contribution is 0.185. The van der Waals surface area contributed by atoms with E-state index >= 15 is 0 Å². The smallest absolute Gasteiger partial charge is 0.111 e. The lowest BCUT2D eigenvalue weighted by Crippen LogP contribution is -1.97. The van der Waals surface area contributed by atoms with Crippen molar-refractivity contribution in [3.05, 3.63) is 24.5 Å². The molecule has 0 spiro atoms. The van der Waals surface area contributed by atoms with Gasteiger partial charge in [0.25, 0.3) is 0 Å². The van der Waals surface area contributed by atoms with E-state index in [1.807, 2.05) is 0 Å². The van der Waals surface area contributed by atoms with Crippen LogP contribution in [0.25, 0.3) is 0 Å². The summed E-state index contributed by atoms with van der Waals surface area (Å²) in [5.74, 6) is 0.181. The summed E-state index contributed by atoms with van der Waals surface area (Å²) in [4.78, 5) is 0. The molecule has 0 rings (SSSR count). The van der Waals surface area contributed by atoms with Crippen molar-refractivity contribution in [1.29, 1.82) is 0 Å². The molecule has 0 aromatic heterocycles. The molecule has 2 nitrogen and oxygen atoms in total. The van der Waals surface area contributed by atoms with Crippen molar-refractivity contribution < 1.29 is 10.2 Å². The summed E-state index contributed by atoms with van der Waals surface area (Å²) in [6, 6.07) is 0. The normalized spacial score (nSPS) is 14.8. The van der Waals surface area contributed by atoms with E-state index < -0.39 is 0 Å². The van der Waals surface area contributed by atoms with Crippen LogP contribution < -0.4 is 0 Å². The zero-order chi connectivity index (χ0) is 7.98. The molecule has 0 fully saturated rings. The summed E-state index contributed by atoms with van der Waals surface area (Å²) in [5, 5.41) is 17.6. The molecule has 0 radical (unpaired) electrons. The summed E-state index contributed by atoms with van der Waals surface area (Å²) in [6.45, 7) is 5.10. The molecule has 10 heavy (non-hydrogen) atoms. The number of aliphatic hydroxyl groups excluding tert-OH is 2. The number of hydrogen-bond acceptors (Lipinski definition) is 2. The van der Waals surface area contributed by atoms with Gasteiger partial charge in [0, 0.05) is 0 Å². The van der Waals surface area contributed by atoms with Crippen molar-refractivity contribution in [3.63, 3.8) is 0 Å². The molecule has 1 unspecified atom stereocenters. The molecule has 0 bridgehead atoms. The Morgan fingerprint density at radius 1 is 1.70 bits per heavy atom. The lowest BCUT2D eigenvalue weighted by Gasteiger charge is -1.98. The first kappa shape index (κ1) is 9.24. The van der Waals surface area contributed by atoms with Gasteiger partial charge in [-0.3, -0.25) is 0 Å². The number of rotatable bonds is 4. The Balaban J connectivity index is 3.43. The molecule has 0 saturated carbocycles. The van der Waals surface area contributed by atoms with Crippen molar-refractivity contribution in [3.8, 4) is 0 Å². The molecule has 0 aromatic rings. The van der Waals surface area contributed by atoms with Crippen molar-refractivity contribution in [2.24, 2.45) is 0 Å². The SMILES string of the molecule is C=CC(O)=CCCC(C)O. The second-order valence-corrected chi connectivity index (χ2v) is 2.26. The molecule has 2 N–H and O–H groups in total. The summed E-state index contributed by atoms with van der Waals surface area (Å²) in [6.07, 6.45) is 4.09. The molecule has 0 aliphatic heterocycles. The van der Waals surface area contributed by atoms with Crippen LogP contribution in [0.3, 0.4) is 0 Å². The first-order valence-electron chi connectivity index (χ1n) is 3.36. The molecule has 1 atom stereocenters. The van der Waals surface area contributed by atoms with Gasteiger partial charge in [0.15, 0.2) is 0 Å². The van der Waals surface area contributed by atoms with Gasteiger partial charge in [-0.05, 0) is 31.9 Å². The van der Waals surface area contributed by atoms with Gasteiger partial charge in [0.05, 0.1) is 6.10 Å². The monoisotopic (exact) mass is 142 g/mol. The molecule has 0 aliphatic rings. The van der Waals surface area contributed by atoms with Gasteiger partial charge in [0.2, 0.25) is 0 Å². The number of hydrogen-bond donors (Lipinski definition) is 2. The van der Waals surface area contributed by atoms with Gasteiger partial charge in [-0.2, -0.15) is 0 Å². The van der Waals surface area contributed by atoms with Crippen LogP contribution in [0.4, 0.5) is 0 Å². The van der Waals surface area contributed by atoms with Gasteiger partial charge in [-0.15, -0.1) is 0 Å². The number of aliphatic hydroxyl groups is 2. The van der Waals surface area contributed by atoms with E-state index in [0.717, 1.165) is 0 Å². The number of allylic oxidation sites excluding steroid dienone is 2. The summed E-state index contributed by atoms with van der Waals surface area (Å²) >= 11 is 0. The van der Waals surface area contributed by atoms with E-state index in [-0.39, 0.29) is 11.9 Å². The highest BCUT2D eigenvalue weighted by molar-refractivity contribution is 5.05. The van der Waals surface area contributed by atoms with Crippen LogP contribution in [0.5, 0.6) is 0 Å². The Hall–Kier alpha value is -0.760. The van der Waals surface area contributed by atoms with Crippen molar-refractivity contribution >= 4 is 0 Å². The topological polar surface area (TPSA) is 40.5 Å². The largest absolute Gasteiger partial charge is 0.508 e. The van der Waals surface area contributed by atoms with E-state index in [0.29, 0.717) is 12.8 Å². The van der Waals surface area contributed by atoms with Crippen molar-refractivity contribution in [1.82, 2.24) is 0 Å². The van der Waals surface area contributed by atoms with Crippen LogP contribution in [0.2, 0.25) is 0 Å². The first-order valence-corrected chi connectivity index (χ1v) is 3.36. The second kappa shape index (κ2) is 5.06. The zero-order valence-corrected chi connectivity index (χ0v) is 6.25. The minimum atomic E-state index is -0.297. The Kier molecular flexibility index (Phi) is 4.67. The van der Waals surface area contributed by atoms with Gasteiger partial charge in [-0.1, -0.05) is 6.58 Å². The molecule has 0 amide bonds. The van der Waals surface area contributed by atoms with E-state index in [2.05, 4.69) is 6.58 Å². The molecule has 58 valence electrons. The Morgan fingerprint density at radius 2 is 2.30 bits per heavy atom. The fourth-order valence-electron chi connectivity index (χ4n) is 0.556. The molecule has 0 heterocycles. The van der Waals surface area contributed by atoms with E-state index in [1.54, 1.807) is 13.0 Å². The standard InChI is InChI=1S/C8H14O2/c1-3-8(10)6-4-5-7(2)9/h3,6-7,9-10H,1,4-5H2,2H3. The molecule has 0 aliphatic carbocycles. The average Bonchev–Trinajstić information content (AvgIpc) is 1.87. The predicted octanol–water partition coefficient (Wildman–Crippen LogP) is 1.78. The second-order valence-electron chi connectivity index (χ2n) is 2.26. The quantitative estimate of drug-likeness (QED) is 0.464. The van der Waals surface area contributed by atoms with Gasteiger partial charge < -0.3 is 10.2 Å². The minimum absolute atomic E-state index is 0.181. The Labute approximate surface area is 61.5 Å². The van der Waals surface area contributed by atoms with Gasteiger partial charge >= 0.3 is 0 Å². The first-order chi connectivity index (χ1) is 4.66. The fraction of sp³-hybridized carbons (Fsp3) is 0.500. The molecular formula is C8H14O2. The molecule has 2 heteroatoms. The van der Waals surface area contributed by atoms with E-state index in [4.69, 9.17) is 10.2 Å². The highest BCUT2D eigenvalue weighted by atomic mass is 16.3. The zero-order valence-electron chi connectivity index (χ0n) is 6.25. The maximum atomic E-state index is 8.83. The van der Waals surface area contributed by atoms with Crippen LogP contribution in [0.1, 0.15) is 19.8 Å². The third-order valence-electron chi connectivity index (χ3n) is 1.15.